The van der Waals surface area contributed by atoms with E-state index in [9.17, 15) is 9.59 Å². The van der Waals surface area contributed by atoms with Crippen LogP contribution in [0.3, 0.4) is 0 Å². The second-order valence-electron chi connectivity index (χ2n) is 8.99. The molecule has 6 heteroatoms. The van der Waals surface area contributed by atoms with E-state index >= 15 is 0 Å². The maximum absolute atomic E-state index is 13.4. The Morgan fingerprint density at radius 3 is 1.66 bits per heavy atom. The molecule has 6 nitrogen and oxygen atoms in total. The van der Waals surface area contributed by atoms with Crippen LogP contribution in [-0.4, -0.2) is 11.8 Å². The lowest BCUT2D eigenvalue weighted by Gasteiger charge is -2.18. The lowest BCUT2D eigenvalue weighted by molar-refractivity contribution is -0.118. The first-order valence-electron chi connectivity index (χ1n) is 12.9. The van der Waals surface area contributed by atoms with Gasteiger partial charge >= 0.3 is 0 Å². The fraction of sp³-hybridized carbons (Fsp3) is 0.188. The highest BCUT2D eigenvalue weighted by atomic mass is 16.2. The predicted molar refractivity (Wildman–Crippen MR) is 153 cm³/mol. The van der Waals surface area contributed by atoms with Gasteiger partial charge in [-0.2, -0.15) is 5.11 Å². The van der Waals surface area contributed by atoms with Crippen molar-refractivity contribution < 1.29 is 9.59 Å². The highest BCUT2D eigenvalue weighted by molar-refractivity contribution is 6.00. The third-order valence-corrected chi connectivity index (χ3v) is 6.40. The summed E-state index contributed by atoms with van der Waals surface area (Å²) in [5.74, 6) is -0.857. The summed E-state index contributed by atoms with van der Waals surface area (Å²) in [5, 5.41) is 14.8. The average Bonchev–Trinajstić information content (AvgIpc) is 2.95. The molecule has 0 radical (unpaired) electrons. The van der Waals surface area contributed by atoms with E-state index in [1.165, 1.54) is 0 Å². The molecule has 4 aromatic rings. The third-order valence-electron chi connectivity index (χ3n) is 6.40. The molecule has 0 aliphatic rings. The fourth-order valence-corrected chi connectivity index (χ4v) is 4.37. The molecule has 4 rings (SSSR count). The molecular weight excluding hydrogens is 472 g/mol. The van der Waals surface area contributed by atoms with Crippen molar-refractivity contribution >= 4 is 34.6 Å². The van der Waals surface area contributed by atoms with Gasteiger partial charge in [0, 0.05) is 5.69 Å². The minimum absolute atomic E-state index is 0.106. The zero-order valence-corrected chi connectivity index (χ0v) is 21.7. The molecule has 4 aromatic carbocycles. The highest BCUT2D eigenvalue weighted by Crippen LogP contribution is 2.33. The highest BCUT2D eigenvalue weighted by Gasteiger charge is 2.21. The van der Waals surface area contributed by atoms with Crippen molar-refractivity contribution in [2.45, 2.75) is 38.5 Å². The van der Waals surface area contributed by atoms with Crippen LogP contribution in [0.25, 0.3) is 0 Å². The van der Waals surface area contributed by atoms with Crippen LogP contribution in [-0.2, 0) is 9.59 Å². The third kappa shape index (κ3) is 6.79. The van der Waals surface area contributed by atoms with Gasteiger partial charge in [0.05, 0.1) is 23.2 Å². The van der Waals surface area contributed by atoms with Gasteiger partial charge in [-0.05, 0) is 54.3 Å². The normalized spacial score (nSPS) is 12.6. The van der Waals surface area contributed by atoms with Crippen molar-refractivity contribution in [3.8, 4) is 0 Å². The second-order valence-corrected chi connectivity index (χ2v) is 8.99. The van der Waals surface area contributed by atoms with Crippen LogP contribution < -0.4 is 10.6 Å². The van der Waals surface area contributed by atoms with Gasteiger partial charge in [-0.25, -0.2) is 0 Å². The smallest absolute Gasteiger partial charge is 0.231 e. The minimum Gasteiger partial charge on any atom is -0.325 e. The summed E-state index contributed by atoms with van der Waals surface area (Å²) < 4.78 is 0. The van der Waals surface area contributed by atoms with Crippen LogP contribution in [0.4, 0.5) is 22.7 Å². The predicted octanol–water partition coefficient (Wildman–Crippen LogP) is 8.37. The standard InChI is InChI=1S/C32H32N4O2/c1-3-27(23-14-8-5-9-15-23)31(37)33-26-20-21-29(36-35-25-18-12-7-13-19-25)30(22-26)34-32(38)28(4-2)24-16-10-6-11-17-24/h5-22,27-28H,3-4H2,1-2H3,(H,33,37)(H,34,38). The molecule has 0 aliphatic heterocycles. The lowest BCUT2D eigenvalue weighted by atomic mass is 9.95. The van der Waals surface area contributed by atoms with Crippen LogP contribution >= 0.6 is 0 Å². The first kappa shape index (κ1) is 26.5. The van der Waals surface area contributed by atoms with Crippen molar-refractivity contribution in [1.82, 2.24) is 0 Å². The molecule has 0 heterocycles. The number of benzene rings is 4. The maximum atomic E-state index is 13.4. The van der Waals surface area contributed by atoms with Crippen molar-refractivity contribution in [3.63, 3.8) is 0 Å². The SMILES string of the molecule is CCC(C(=O)Nc1ccc(N=Nc2ccccc2)c(NC(=O)C(CC)c2ccccc2)c1)c1ccccc1. The lowest BCUT2D eigenvalue weighted by Crippen LogP contribution is -2.22. The molecule has 0 saturated heterocycles. The Balaban J connectivity index is 1.62. The Kier molecular flexibility index (Phi) is 9.13. The van der Waals surface area contributed by atoms with Gasteiger partial charge in [-0.15, -0.1) is 5.11 Å². The Hall–Kier alpha value is -4.58. The van der Waals surface area contributed by atoms with Crippen LogP contribution in [0, 0.1) is 0 Å². The number of nitrogens with one attached hydrogen (secondary N) is 2. The summed E-state index contributed by atoms with van der Waals surface area (Å²) in [6, 6.07) is 34.1. The number of nitrogens with zero attached hydrogens (tertiary/aromatic N) is 2. The van der Waals surface area contributed by atoms with Crippen LogP contribution in [0.15, 0.2) is 119 Å². The number of amides is 2. The maximum Gasteiger partial charge on any atom is 0.231 e. The molecule has 0 aromatic heterocycles. The van der Waals surface area contributed by atoms with Crippen LogP contribution in [0.1, 0.15) is 49.7 Å². The van der Waals surface area contributed by atoms with Gasteiger partial charge < -0.3 is 10.6 Å². The number of carbonyl (C=O) groups excluding carboxylic acids is 2. The molecule has 38 heavy (non-hydrogen) atoms. The summed E-state index contributed by atoms with van der Waals surface area (Å²) in [5.41, 5.74) is 4.16. The quantitative estimate of drug-likeness (QED) is 0.213. The van der Waals surface area contributed by atoms with Crippen molar-refractivity contribution in [1.29, 1.82) is 0 Å². The largest absolute Gasteiger partial charge is 0.325 e. The second kappa shape index (κ2) is 13.1. The molecular formula is C32H32N4O2. The molecule has 2 unspecified atom stereocenters. The van der Waals surface area contributed by atoms with Crippen molar-refractivity contribution in [2.75, 3.05) is 10.6 Å². The van der Waals surface area contributed by atoms with Gasteiger partial charge in [-0.3, -0.25) is 9.59 Å². The molecule has 0 bridgehead atoms. The summed E-state index contributed by atoms with van der Waals surface area (Å²) in [7, 11) is 0. The first-order valence-corrected chi connectivity index (χ1v) is 12.9. The summed E-state index contributed by atoms with van der Waals surface area (Å²) in [4.78, 5) is 26.5. The average molecular weight is 505 g/mol. The first-order chi connectivity index (χ1) is 18.6. The number of hydrogen-bond acceptors (Lipinski definition) is 4. The number of azo groups is 1. The summed E-state index contributed by atoms with van der Waals surface area (Å²) in [6.07, 6.45) is 1.31. The molecule has 2 amide bonds. The molecule has 0 saturated carbocycles. The van der Waals surface area contributed by atoms with Gasteiger partial charge in [0.1, 0.15) is 5.69 Å². The van der Waals surface area contributed by atoms with E-state index in [4.69, 9.17) is 0 Å². The Bertz CT molecular complexity index is 1370. The monoisotopic (exact) mass is 504 g/mol. The molecule has 0 aliphatic carbocycles. The van der Waals surface area contributed by atoms with Crippen LogP contribution in [0.2, 0.25) is 0 Å². The Morgan fingerprint density at radius 2 is 1.13 bits per heavy atom. The van der Waals surface area contributed by atoms with E-state index in [2.05, 4.69) is 20.9 Å². The molecule has 0 fully saturated rings. The van der Waals surface area contributed by atoms with Gasteiger partial charge in [0.15, 0.2) is 0 Å². The van der Waals surface area contributed by atoms with E-state index in [0.717, 1.165) is 11.1 Å². The van der Waals surface area contributed by atoms with Crippen molar-refractivity contribution in [3.05, 3.63) is 120 Å². The zero-order valence-electron chi connectivity index (χ0n) is 21.7. The Labute approximate surface area is 223 Å². The molecule has 0 spiro atoms. The van der Waals surface area contributed by atoms with E-state index < -0.39 is 0 Å². The Morgan fingerprint density at radius 1 is 0.632 bits per heavy atom. The van der Waals surface area contributed by atoms with Gasteiger partial charge in [0.25, 0.3) is 0 Å². The number of rotatable bonds is 10. The molecule has 2 atom stereocenters. The van der Waals surface area contributed by atoms with E-state index in [1.807, 2.05) is 105 Å². The number of anilines is 2. The van der Waals surface area contributed by atoms with Crippen LogP contribution in [0.5, 0.6) is 0 Å². The van der Waals surface area contributed by atoms with E-state index in [-0.39, 0.29) is 23.7 Å². The molecule has 2 N–H and O–H groups in total. The summed E-state index contributed by atoms with van der Waals surface area (Å²) >= 11 is 0. The zero-order chi connectivity index (χ0) is 26.7. The van der Waals surface area contributed by atoms with Gasteiger partial charge in [-0.1, -0.05) is 92.7 Å². The topological polar surface area (TPSA) is 82.9 Å². The van der Waals surface area contributed by atoms with E-state index in [1.54, 1.807) is 18.2 Å². The van der Waals surface area contributed by atoms with Gasteiger partial charge in [0.2, 0.25) is 11.8 Å². The van der Waals surface area contributed by atoms with Crippen molar-refractivity contribution in [2.24, 2.45) is 10.2 Å². The summed E-state index contributed by atoms with van der Waals surface area (Å²) in [6.45, 7) is 3.98. The number of hydrogen-bond donors (Lipinski definition) is 2. The minimum atomic E-state index is -0.323. The fourth-order valence-electron chi connectivity index (χ4n) is 4.37. The molecule has 192 valence electrons. The number of carbonyl (C=O) groups is 2. The van der Waals surface area contributed by atoms with E-state index in [0.29, 0.717) is 35.6 Å².